The summed E-state index contributed by atoms with van der Waals surface area (Å²) in [5.41, 5.74) is 3.33. The molecule has 2 aromatic rings. The molecule has 4 heteroatoms. The lowest BCUT2D eigenvalue weighted by Gasteiger charge is -2.29. The normalized spacial score (nSPS) is 25.1. The van der Waals surface area contributed by atoms with E-state index < -0.39 is 0 Å². The molecule has 4 atom stereocenters. The number of aryl methyl sites for hydroxylation is 1. The van der Waals surface area contributed by atoms with Gasteiger partial charge in [-0.3, -0.25) is 4.98 Å². The minimum atomic E-state index is -0.266. The van der Waals surface area contributed by atoms with Crippen LogP contribution in [0, 0.1) is 24.7 Å². The zero-order chi connectivity index (χ0) is 19.0. The summed E-state index contributed by atoms with van der Waals surface area (Å²) in [6.07, 6.45) is 5.58. The van der Waals surface area contributed by atoms with Crippen LogP contribution in [0.1, 0.15) is 61.1 Å². The van der Waals surface area contributed by atoms with Crippen molar-refractivity contribution in [2.75, 3.05) is 6.61 Å². The number of carbonyl (C=O) groups is 1. The fraction of sp³-hybridized carbons (Fsp3) is 0.565. The van der Waals surface area contributed by atoms with Gasteiger partial charge in [-0.25, -0.2) is 4.79 Å². The van der Waals surface area contributed by atoms with Crippen molar-refractivity contribution in [2.45, 2.75) is 59.0 Å². The van der Waals surface area contributed by atoms with Gasteiger partial charge in [0.25, 0.3) is 0 Å². The van der Waals surface area contributed by atoms with Gasteiger partial charge >= 0.3 is 5.97 Å². The Kier molecular flexibility index (Phi) is 5.18. The number of carbonyl (C=O) groups excluding carboxylic acids is 1. The average molecular weight is 367 g/mol. The topological polar surface area (TPSA) is 51.2 Å². The molecule has 1 aromatic carbocycles. The summed E-state index contributed by atoms with van der Waals surface area (Å²) >= 11 is 0. The van der Waals surface area contributed by atoms with Gasteiger partial charge in [0.15, 0.2) is 0 Å². The number of benzene rings is 1. The van der Waals surface area contributed by atoms with E-state index in [-0.39, 0.29) is 5.97 Å². The number of nitrogens with zero attached hydrogens (tertiary/aromatic N) is 1. The fourth-order valence-corrected chi connectivity index (χ4v) is 5.36. The van der Waals surface area contributed by atoms with Crippen LogP contribution in [0.15, 0.2) is 24.3 Å². The molecule has 0 amide bonds. The van der Waals surface area contributed by atoms with Gasteiger partial charge in [0.1, 0.15) is 0 Å². The zero-order valence-corrected chi connectivity index (χ0v) is 16.6. The van der Waals surface area contributed by atoms with Crippen molar-refractivity contribution in [1.82, 2.24) is 10.3 Å². The molecule has 144 valence electrons. The molecule has 1 heterocycles. The predicted molar refractivity (Wildman–Crippen MR) is 108 cm³/mol. The number of pyridine rings is 1. The van der Waals surface area contributed by atoms with Gasteiger partial charge in [0.05, 0.1) is 23.4 Å². The first-order valence-corrected chi connectivity index (χ1v) is 10.4. The third kappa shape index (κ3) is 3.47. The summed E-state index contributed by atoms with van der Waals surface area (Å²) in [5, 5.41) is 4.70. The molecule has 2 aliphatic rings. The van der Waals surface area contributed by atoms with Crippen molar-refractivity contribution in [3.05, 3.63) is 41.1 Å². The summed E-state index contributed by atoms with van der Waals surface area (Å²) < 4.78 is 5.34. The largest absolute Gasteiger partial charge is 0.462 e. The lowest BCUT2D eigenvalue weighted by molar-refractivity contribution is 0.0523. The fourth-order valence-electron chi connectivity index (χ4n) is 5.36. The summed E-state index contributed by atoms with van der Waals surface area (Å²) in [5.74, 6) is 2.32. The molecule has 2 aliphatic carbocycles. The van der Waals surface area contributed by atoms with E-state index in [0.29, 0.717) is 24.8 Å². The monoisotopic (exact) mass is 366 g/mol. The van der Waals surface area contributed by atoms with E-state index in [1.165, 1.54) is 25.7 Å². The summed E-state index contributed by atoms with van der Waals surface area (Å²) in [6, 6.07) is 8.47. The van der Waals surface area contributed by atoms with E-state index in [0.717, 1.165) is 39.9 Å². The molecule has 0 radical (unpaired) electrons. The van der Waals surface area contributed by atoms with Crippen LogP contribution >= 0.6 is 0 Å². The van der Waals surface area contributed by atoms with Crippen LogP contribution in [0.4, 0.5) is 0 Å². The molecule has 1 N–H and O–H groups in total. The Morgan fingerprint density at radius 2 is 2.11 bits per heavy atom. The number of esters is 1. The number of hydrogen-bond donors (Lipinski definition) is 1. The van der Waals surface area contributed by atoms with Crippen LogP contribution in [0.3, 0.4) is 0 Å². The molecule has 0 unspecified atom stereocenters. The molecule has 0 spiro atoms. The standard InChI is InChI=1S/C23H30N2O2/c1-4-27-23(26)22-14(2)18-7-5-6-8-20(18)25-21(22)13-24-15(3)19-12-16-9-10-17(19)11-16/h5-8,15-17,19,24H,4,9-13H2,1-3H3/t15-,16+,17+,19+/m1/s1. The van der Waals surface area contributed by atoms with Gasteiger partial charge in [0.2, 0.25) is 0 Å². The number of aromatic nitrogens is 1. The van der Waals surface area contributed by atoms with Gasteiger partial charge in [-0.05, 0) is 69.4 Å². The molecular formula is C23H30N2O2. The lowest BCUT2D eigenvalue weighted by Crippen LogP contribution is -2.36. The second-order valence-corrected chi connectivity index (χ2v) is 8.30. The van der Waals surface area contributed by atoms with Gasteiger partial charge in [-0.1, -0.05) is 24.6 Å². The highest BCUT2D eigenvalue weighted by Gasteiger charge is 2.41. The van der Waals surface area contributed by atoms with E-state index in [1.54, 1.807) is 0 Å². The summed E-state index contributed by atoms with van der Waals surface area (Å²) in [4.78, 5) is 17.5. The Morgan fingerprint density at radius 3 is 2.81 bits per heavy atom. The van der Waals surface area contributed by atoms with E-state index in [4.69, 9.17) is 9.72 Å². The SMILES string of the molecule is CCOC(=O)c1c(CN[C@H](C)[C@@H]2C[C@H]3CC[C@H]2C3)nc2ccccc2c1C. The quantitative estimate of drug-likeness (QED) is 0.757. The zero-order valence-electron chi connectivity index (χ0n) is 16.6. The van der Waals surface area contributed by atoms with Crippen LogP contribution in [0.25, 0.3) is 10.9 Å². The first-order valence-electron chi connectivity index (χ1n) is 10.4. The minimum Gasteiger partial charge on any atom is -0.462 e. The van der Waals surface area contributed by atoms with Crippen molar-refractivity contribution in [1.29, 1.82) is 0 Å². The minimum absolute atomic E-state index is 0.266. The second kappa shape index (κ2) is 7.59. The summed E-state index contributed by atoms with van der Waals surface area (Å²) in [6.45, 7) is 7.12. The molecule has 4 nitrogen and oxygen atoms in total. The molecule has 2 fully saturated rings. The Morgan fingerprint density at radius 1 is 1.30 bits per heavy atom. The molecule has 2 bridgehead atoms. The van der Waals surface area contributed by atoms with Crippen LogP contribution in [0.5, 0.6) is 0 Å². The third-order valence-electron chi connectivity index (χ3n) is 6.73. The van der Waals surface area contributed by atoms with E-state index in [9.17, 15) is 4.79 Å². The van der Waals surface area contributed by atoms with Gasteiger partial charge in [0, 0.05) is 18.0 Å². The van der Waals surface area contributed by atoms with E-state index >= 15 is 0 Å². The molecule has 0 aliphatic heterocycles. The highest BCUT2D eigenvalue weighted by Crippen LogP contribution is 2.49. The molecule has 0 saturated heterocycles. The molecule has 4 rings (SSSR count). The van der Waals surface area contributed by atoms with Crippen LogP contribution in [-0.4, -0.2) is 23.6 Å². The van der Waals surface area contributed by atoms with Gasteiger partial charge < -0.3 is 10.1 Å². The molecular weight excluding hydrogens is 336 g/mol. The molecule has 27 heavy (non-hydrogen) atoms. The summed E-state index contributed by atoms with van der Waals surface area (Å²) in [7, 11) is 0. The van der Waals surface area contributed by atoms with E-state index in [1.807, 2.05) is 38.1 Å². The highest BCUT2D eigenvalue weighted by molar-refractivity contribution is 5.98. The van der Waals surface area contributed by atoms with Crippen LogP contribution in [-0.2, 0) is 11.3 Å². The van der Waals surface area contributed by atoms with Crippen molar-refractivity contribution in [3.8, 4) is 0 Å². The first-order chi connectivity index (χ1) is 13.1. The predicted octanol–water partition coefficient (Wildman–Crippen LogP) is 4.63. The maximum absolute atomic E-state index is 12.6. The number of nitrogens with one attached hydrogen (secondary N) is 1. The van der Waals surface area contributed by atoms with Gasteiger partial charge in [-0.2, -0.15) is 0 Å². The van der Waals surface area contributed by atoms with Crippen LogP contribution < -0.4 is 5.32 Å². The smallest absolute Gasteiger partial charge is 0.340 e. The number of rotatable bonds is 6. The van der Waals surface area contributed by atoms with Crippen molar-refractivity contribution in [2.24, 2.45) is 17.8 Å². The maximum Gasteiger partial charge on any atom is 0.340 e. The van der Waals surface area contributed by atoms with Crippen LogP contribution in [0.2, 0.25) is 0 Å². The Bertz CT molecular complexity index is 848. The number of para-hydroxylation sites is 1. The number of hydrogen-bond acceptors (Lipinski definition) is 4. The van der Waals surface area contributed by atoms with Crippen molar-refractivity contribution < 1.29 is 9.53 Å². The number of ether oxygens (including phenoxy) is 1. The number of fused-ring (bicyclic) bond motifs is 3. The Balaban J connectivity index is 1.59. The first kappa shape index (κ1) is 18.4. The molecule has 2 saturated carbocycles. The lowest BCUT2D eigenvalue weighted by atomic mass is 9.84. The van der Waals surface area contributed by atoms with Gasteiger partial charge in [-0.15, -0.1) is 0 Å². The third-order valence-corrected chi connectivity index (χ3v) is 6.73. The Labute approximate surface area is 161 Å². The Hall–Kier alpha value is -1.94. The van der Waals surface area contributed by atoms with Crippen molar-refractivity contribution >= 4 is 16.9 Å². The second-order valence-electron chi connectivity index (χ2n) is 8.30. The maximum atomic E-state index is 12.6. The molecule has 1 aromatic heterocycles. The van der Waals surface area contributed by atoms with Crippen molar-refractivity contribution in [3.63, 3.8) is 0 Å². The average Bonchev–Trinajstić information content (AvgIpc) is 3.30. The highest BCUT2D eigenvalue weighted by atomic mass is 16.5. The van der Waals surface area contributed by atoms with E-state index in [2.05, 4.69) is 12.2 Å².